The van der Waals surface area contributed by atoms with Gasteiger partial charge in [0, 0.05) is 11.1 Å². The highest BCUT2D eigenvalue weighted by Crippen LogP contribution is 2.34. The minimum Gasteiger partial charge on any atom is -0.491 e. The summed E-state index contributed by atoms with van der Waals surface area (Å²) in [5.41, 5.74) is 1.43. The van der Waals surface area contributed by atoms with E-state index in [1.165, 1.54) is 16.4 Å². The van der Waals surface area contributed by atoms with E-state index in [1.807, 2.05) is 31.2 Å². The van der Waals surface area contributed by atoms with Crippen molar-refractivity contribution in [1.29, 1.82) is 0 Å². The SMILES string of the molecule is Cc1ccccc1OCCN(c1cccc(Cl)c1)S(=O)(=O)c1ccc2c(c1)OCCO2. The Morgan fingerprint density at radius 2 is 1.74 bits per heavy atom. The normalized spacial score (nSPS) is 13.0. The van der Waals surface area contributed by atoms with Gasteiger partial charge in [-0.2, -0.15) is 0 Å². The molecule has 0 atom stereocenters. The van der Waals surface area contributed by atoms with Gasteiger partial charge < -0.3 is 14.2 Å². The van der Waals surface area contributed by atoms with Crippen molar-refractivity contribution in [2.45, 2.75) is 11.8 Å². The first-order valence-corrected chi connectivity index (χ1v) is 11.6. The lowest BCUT2D eigenvalue weighted by Gasteiger charge is -2.26. The molecule has 6 nitrogen and oxygen atoms in total. The molecule has 3 aromatic carbocycles. The highest BCUT2D eigenvalue weighted by molar-refractivity contribution is 7.92. The van der Waals surface area contributed by atoms with Crippen LogP contribution in [0.2, 0.25) is 5.02 Å². The number of hydrogen-bond donors (Lipinski definition) is 0. The molecule has 0 spiro atoms. The fourth-order valence-corrected chi connectivity index (χ4v) is 4.93. The molecule has 0 aromatic heterocycles. The Morgan fingerprint density at radius 1 is 0.968 bits per heavy atom. The van der Waals surface area contributed by atoms with Gasteiger partial charge in [0.05, 0.1) is 17.1 Å². The van der Waals surface area contributed by atoms with Crippen LogP contribution in [0.1, 0.15) is 5.56 Å². The fourth-order valence-electron chi connectivity index (χ4n) is 3.29. The van der Waals surface area contributed by atoms with Crippen LogP contribution in [0.4, 0.5) is 5.69 Å². The smallest absolute Gasteiger partial charge is 0.264 e. The van der Waals surface area contributed by atoms with Crippen molar-refractivity contribution in [1.82, 2.24) is 0 Å². The van der Waals surface area contributed by atoms with E-state index in [9.17, 15) is 8.42 Å². The molecule has 31 heavy (non-hydrogen) atoms. The maximum atomic E-state index is 13.6. The molecule has 0 unspecified atom stereocenters. The van der Waals surface area contributed by atoms with Gasteiger partial charge in [-0.15, -0.1) is 0 Å². The minimum atomic E-state index is -3.91. The molecule has 0 radical (unpaired) electrons. The second kappa shape index (κ2) is 9.08. The molecule has 0 saturated heterocycles. The zero-order chi connectivity index (χ0) is 21.8. The van der Waals surface area contributed by atoms with Crippen LogP contribution in [-0.2, 0) is 10.0 Å². The lowest BCUT2D eigenvalue weighted by Crippen LogP contribution is -2.35. The van der Waals surface area contributed by atoms with Crippen LogP contribution in [0.15, 0.2) is 71.6 Å². The molecule has 8 heteroatoms. The number of hydrogen-bond acceptors (Lipinski definition) is 5. The van der Waals surface area contributed by atoms with Gasteiger partial charge in [-0.1, -0.05) is 35.9 Å². The zero-order valence-corrected chi connectivity index (χ0v) is 18.5. The number of anilines is 1. The number of halogens is 1. The summed E-state index contributed by atoms with van der Waals surface area (Å²) in [5.74, 6) is 1.65. The second-order valence-corrected chi connectivity index (χ2v) is 9.28. The van der Waals surface area contributed by atoms with Gasteiger partial charge >= 0.3 is 0 Å². The van der Waals surface area contributed by atoms with E-state index in [2.05, 4.69) is 0 Å². The Morgan fingerprint density at radius 3 is 2.52 bits per heavy atom. The fraction of sp³-hybridized carbons (Fsp3) is 0.217. The van der Waals surface area contributed by atoms with Crippen molar-refractivity contribution < 1.29 is 22.6 Å². The number of sulfonamides is 1. The number of rotatable bonds is 7. The van der Waals surface area contributed by atoms with E-state index >= 15 is 0 Å². The van der Waals surface area contributed by atoms with Crippen molar-refractivity contribution in [3.05, 3.63) is 77.3 Å². The van der Waals surface area contributed by atoms with E-state index < -0.39 is 10.0 Å². The van der Waals surface area contributed by atoms with Crippen molar-refractivity contribution >= 4 is 27.3 Å². The summed E-state index contributed by atoms with van der Waals surface area (Å²) in [6.45, 7) is 3.02. The summed E-state index contributed by atoms with van der Waals surface area (Å²) >= 11 is 6.14. The molecule has 0 N–H and O–H groups in total. The quantitative estimate of drug-likeness (QED) is 0.512. The molecule has 0 saturated carbocycles. The standard InChI is InChI=1S/C23H22ClNO5S/c1-17-5-2-3-8-21(17)28-12-11-25(19-7-4-6-18(24)15-19)31(26,27)20-9-10-22-23(16-20)30-14-13-29-22/h2-10,15-16H,11-14H2,1H3. The summed E-state index contributed by atoms with van der Waals surface area (Å²) in [5, 5.41) is 0.444. The van der Waals surface area contributed by atoms with Crippen LogP contribution in [0.5, 0.6) is 17.2 Å². The van der Waals surface area contributed by atoms with Gasteiger partial charge in [-0.05, 0) is 48.9 Å². The molecular formula is C23H22ClNO5S. The third-order valence-corrected chi connectivity index (χ3v) is 6.90. The molecule has 1 heterocycles. The monoisotopic (exact) mass is 459 g/mol. The predicted molar refractivity (Wildman–Crippen MR) is 120 cm³/mol. The van der Waals surface area contributed by atoms with Crippen LogP contribution < -0.4 is 18.5 Å². The van der Waals surface area contributed by atoms with Gasteiger partial charge in [0.2, 0.25) is 0 Å². The van der Waals surface area contributed by atoms with Gasteiger partial charge in [-0.25, -0.2) is 8.42 Å². The Balaban J connectivity index is 1.64. The van der Waals surface area contributed by atoms with E-state index in [1.54, 1.807) is 30.3 Å². The molecule has 0 aliphatic carbocycles. The number of benzene rings is 3. The molecule has 4 rings (SSSR count). The largest absolute Gasteiger partial charge is 0.491 e. The molecule has 1 aliphatic heterocycles. The number of aryl methyl sites for hydroxylation is 1. The number of para-hydroxylation sites is 1. The molecule has 0 fully saturated rings. The van der Waals surface area contributed by atoms with Crippen molar-refractivity contribution in [2.75, 3.05) is 30.7 Å². The average molecular weight is 460 g/mol. The second-order valence-electron chi connectivity index (χ2n) is 6.98. The van der Waals surface area contributed by atoms with E-state index in [0.29, 0.717) is 41.2 Å². The van der Waals surface area contributed by atoms with Crippen molar-refractivity contribution in [2.24, 2.45) is 0 Å². The summed E-state index contributed by atoms with van der Waals surface area (Å²) in [4.78, 5) is 0.104. The lowest BCUT2D eigenvalue weighted by atomic mass is 10.2. The number of ether oxygens (including phenoxy) is 3. The maximum Gasteiger partial charge on any atom is 0.264 e. The summed E-state index contributed by atoms with van der Waals surface area (Å²) in [7, 11) is -3.91. The molecular weight excluding hydrogens is 438 g/mol. The first-order valence-electron chi connectivity index (χ1n) is 9.81. The highest BCUT2D eigenvalue weighted by Gasteiger charge is 2.27. The Bertz CT molecular complexity index is 1180. The Hall–Kier alpha value is -2.90. The van der Waals surface area contributed by atoms with Crippen LogP contribution in [0, 0.1) is 6.92 Å². The lowest BCUT2D eigenvalue weighted by molar-refractivity contribution is 0.171. The van der Waals surface area contributed by atoms with Crippen molar-refractivity contribution in [3.63, 3.8) is 0 Å². The molecule has 0 amide bonds. The highest BCUT2D eigenvalue weighted by atomic mass is 35.5. The van der Waals surface area contributed by atoms with Crippen LogP contribution in [-0.4, -0.2) is 34.8 Å². The molecule has 1 aliphatic rings. The zero-order valence-electron chi connectivity index (χ0n) is 17.0. The third-order valence-electron chi connectivity index (χ3n) is 4.84. The molecule has 3 aromatic rings. The topological polar surface area (TPSA) is 65.1 Å². The number of fused-ring (bicyclic) bond motifs is 1. The predicted octanol–water partition coefficient (Wildman–Crippen LogP) is 4.69. The van der Waals surface area contributed by atoms with E-state index in [0.717, 1.165) is 5.56 Å². The van der Waals surface area contributed by atoms with E-state index in [-0.39, 0.29) is 18.0 Å². The average Bonchev–Trinajstić information content (AvgIpc) is 2.77. The maximum absolute atomic E-state index is 13.6. The first-order chi connectivity index (χ1) is 14.9. The van der Waals surface area contributed by atoms with Gasteiger partial charge in [0.15, 0.2) is 11.5 Å². The molecule has 162 valence electrons. The molecule has 0 bridgehead atoms. The Labute approximate surface area is 187 Å². The summed E-state index contributed by atoms with van der Waals surface area (Å²) < 4.78 is 45.4. The van der Waals surface area contributed by atoms with Gasteiger partial charge in [-0.3, -0.25) is 4.31 Å². The van der Waals surface area contributed by atoms with Crippen LogP contribution >= 0.6 is 11.6 Å². The Kier molecular flexibility index (Phi) is 6.25. The van der Waals surface area contributed by atoms with Gasteiger partial charge in [0.1, 0.15) is 25.6 Å². The minimum absolute atomic E-state index is 0.103. The van der Waals surface area contributed by atoms with Crippen molar-refractivity contribution in [3.8, 4) is 17.2 Å². The van der Waals surface area contributed by atoms with E-state index in [4.69, 9.17) is 25.8 Å². The summed E-state index contributed by atoms with van der Waals surface area (Å²) in [6.07, 6.45) is 0. The van der Waals surface area contributed by atoms with Crippen LogP contribution in [0.3, 0.4) is 0 Å². The summed E-state index contributed by atoms with van der Waals surface area (Å²) in [6, 6.07) is 18.9. The first kappa shape index (κ1) is 21.3. The van der Waals surface area contributed by atoms with Gasteiger partial charge in [0.25, 0.3) is 10.0 Å². The third kappa shape index (κ3) is 4.73. The number of nitrogens with zero attached hydrogens (tertiary/aromatic N) is 1. The van der Waals surface area contributed by atoms with Crippen LogP contribution in [0.25, 0.3) is 0 Å².